The van der Waals surface area contributed by atoms with Gasteiger partial charge in [-0.05, 0) is 53.1 Å². The summed E-state index contributed by atoms with van der Waals surface area (Å²) in [5, 5.41) is 20.1. The van der Waals surface area contributed by atoms with Gasteiger partial charge in [0.1, 0.15) is 23.6 Å². The first-order valence-electron chi connectivity index (χ1n) is 12.4. The van der Waals surface area contributed by atoms with Crippen LogP contribution in [0, 0.1) is 0 Å². The van der Waals surface area contributed by atoms with E-state index in [2.05, 4.69) is 35.8 Å². The van der Waals surface area contributed by atoms with Crippen LogP contribution in [0.1, 0.15) is 30.1 Å². The van der Waals surface area contributed by atoms with Gasteiger partial charge in [-0.1, -0.05) is 34.5 Å². The molecule has 0 spiro atoms. The number of rotatable bonds is 7. The molecule has 2 aromatic carbocycles. The number of nitrogens with zero attached hydrogens (tertiary/aromatic N) is 9. The zero-order valence-corrected chi connectivity index (χ0v) is 23.8. The van der Waals surface area contributed by atoms with E-state index in [0.717, 1.165) is 5.56 Å². The van der Waals surface area contributed by atoms with E-state index in [0.29, 0.717) is 45.8 Å². The average molecular weight is 617 g/mol. The highest BCUT2D eigenvalue weighted by molar-refractivity contribution is 7.89. The molecule has 14 nitrogen and oxygen atoms in total. The number of nitrogens with one attached hydrogen (secondary N) is 1. The van der Waals surface area contributed by atoms with Crippen molar-refractivity contribution in [1.82, 2.24) is 49.5 Å². The van der Waals surface area contributed by atoms with Crippen molar-refractivity contribution in [3.8, 4) is 11.4 Å². The van der Waals surface area contributed by atoms with Crippen LogP contribution in [0.3, 0.4) is 0 Å². The van der Waals surface area contributed by atoms with Crippen LogP contribution >= 0.6 is 23.2 Å². The summed E-state index contributed by atoms with van der Waals surface area (Å²) in [6.07, 6.45) is 2.30. The SMILES string of the molecule is COc1cc(S(=O)(=O)N2CCC(c3nc4c(nnn4Cc4ccc(Cl)cc4Cl)c(=O)[nH]3)CC2)ccc1-n1cnnn1. The molecule has 0 atom stereocenters. The van der Waals surface area contributed by atoms with Gasteiger partial charge in [0.05, 0.1) is 18.6 Å². The number of fused-ring (bicyclic) bond motifs is 1. The molecule has 41 heavy (non-hydrogen) atoms. The zero-order chi connectivity index (χ0) is 28.7. The first-order chi connectivity index (χ1) is 19.7. The maximum absolute atomic E-state index is 13.5. The Morgan fingerprint density at radius 3 is 2.61 bits per heavy atom. The Kier molecular flexibility index (Phi) is 7.19. The van der Waals surface area contributed by atoms with E-state index in [1.165, 1.54) is 39.2 Å². The van der Waals surface area contributed by atoms with Gasteiger partial charge in [-0.3, -0.25) is 4.79 Å². The number of H-pyrrole nitrogens is 1. The lowest BCUT2D eigenvalue weighted by Gasteiger charge is -2.30. The van der Waals surface area contributed by atoms with Crippen molar-refractivity contribution in [2.45, 2.75) is 30.2 Å². The van der Waals surface area contributed by atoms with Crippen LogP contribution in [-0.2, 0) is 16.6 Å². The van der Waals surface area contributed by atoms with E-state index in [9.17, 15) is 13.2 Å². The smallest absolute Gasteiger partial charge is 0.281 e. The number of ether oxygens (including phenoxy) is 1. The largest absolute Gasteiger partial charge is 0.494 e. The van der Waals surface area contributed by atoms with Gasteiger partial charge in [-0.25, -0.2) is 18.1 Å². The molecule has 0 aliphatic carbocycles. The lowest BCUT2D eigenvalue weighted by atomic mass is 9.97. The van der Waals surface area contributed by atoms with E-state index < -0.39 is 15.6 Å². The predicted molar refractivity (Wildman–Crippen MR) is 148 cm³/mol. The molecular formula is C24H22Cl2N10O4S. The molecular weight excluding hydrogens is 595 g/mol. The number of sulfonamides is 1. The van der Waals surface area contributed by atoms with Gasteiger partial charge in [0.15, 0.2) is 11.2 Å². The second kappa shape index (κ2) is 10.8. The molecule has 1 aliphatic rings. The summed E-state index contributed by atoms with van der Waals surface area (Å²) in [4.78, 5) is 20.4. The first kappa shape index (κ1) is 27.3. The predicted octanol–water partition coefficient (Wildman–Crippen LogP) is 2.42. The van der Waals surface area contributed by atoms with Gasteiger partial charge in [-0.15, -0.1) is 10.2 Å². The van der Waals surface area contributed by atoms with Gasteiger partial charge in [-0.2, -0.15) is 8.99 Å². The second-order valence-corrected chi connectivity index (χ2v) is 12.2. The monoisotopic (exact) mass is 616 g/mol. The van der Waals surface area contributed by atoms with Crippen molar-refractivity contribution in [2.75, 3.05) is 20.2 Å². The molecule has 17 heteroatoms. The maximum atomic E-state index is 13.5. The summed E-state index contributed by atoms with van der Waals surface area (Å²) in [5.74, 6) is 0.601. The van der Waals surface area contributed by atoms with Gasteiger partial charge < -0.3 is 9.72 Å². The third-order valence-corrected chi connectivity index (χ3v) is 9.43. The normalized spacial score (nSPS) is 15.0. The van der Waals surface area contributed by atoms with Crippen molar-refractivity contribution < 1.29 is 13.2 Å². The minimum Gasteiger partial charge on any atom is -0.494 e. The van der Waals surface area contributed by atoms with E-state index in [1.54, 1.807) is 24.3 Å². The minimum atomic E-state index is -3.81. The molecule has 1 N–H and O–H groups in total. The number of piperidine rings is 1. The fraction of sp³-hybridized carbons (Fsp3) is 0.292. The Hall–Kier alpha value is -3.92. The van der Waals surface area contributed by atoms with Gasteiger partial charge in [0.2, 0.25) is 10.0 Å². The van der Waals surface area contributed by atoms with Crippen LogP contribution in [0.25, 0.3) is 16.9 Å². The Balaban J connectivity index is 1.21. The van der Waals surface area contributed by atoms with Crippen LogP contribution in [-0.4, -0.2) is 78.1 Å². The molecule has 212 valence electrons. The van der Waals surface area contributed by atoms with Crippen LogP contribution in [0.5, 0.6) is 5.75 Å². The fourth-order valence-electron chi connectivity index (χ4n) is 4.79. The number of halogens is 2. The molecule has 4 heterocycles. The molecule has 0 bridgehead atoms. The van der Waals surface area contributed by atoms with Crippen molar-refractivity contribution in [1.29, 1.82) is 0 Å². The minimum absolute atomic E-state index is 0.0911. The highest BCUT2D eigenvalue weighted by Gasteiger charge is 2.32. The molecule has 6 rings (SSSR count). The zero-order valence-electron chi connectivity index (χ0n) is 21.5. The van der Waals surface area contributed by atoms with Gasteiger partial charge in [0.25, 0.3) is 5.56 Å². The Bertz CT molecular complexity index is 1900. The number of hydrogen-bond acceptors (Lipinski definition) is 10. The molecule has 1 saturated heterocycles. The summed E-state index contributed by atoms with van der Waals surface area (Å²) in [6, 6.07) is 9.66. The van der Waals surface area contributed by atoms with Crippen molar-refractivity contribution in [3.63, 3.8) is 0 Å². The summed E-state index contributed by atoms with van der Waals surface area (Å²) >= 11 is 12.3. The third kappa shape index (κ3) is 5.16. The average Bonchev–Trinajstić information content (AvgIpc) is 3.65. The van der Waals surface area contributed by atoms with E-state index in [4.69, 9.17) is 27.9 Å². The molecule has 0 radical (unpaired) electrons. The standard InChI is InChI=1S/C24H22Cl2N10O4S/c1-40-20-11-17(4-5-19(20)36-13-27-31-33-36)41(38,39)34-8-6-14(7-9-34)22-28-23-21(24(37)29-22)30-32-35(23)12-15-2-3-16(25)10-18(15)26/h2-5,10-11,13-14H,6-9,12H2,1H3,(H,28,29,37). The summed E-state index contributed by atoms with van der Waals surface area (Å²) in [5.41, 5.74) is 1.26. The number of benzene rings is 2. The fourth-order valence-corrected chi connectivity index (χ4v) is 6.75. The summed E-state index contributed by atoms with van der Waals surface area (Å²) in [7, 11) is -2.37. The van der Waals surface area contributed by atoms with Gasteiger partial charge in [0, 0.05) is 35.1 Å². The summed E-state index contributed by atoms with van der Waals surface area (Å²) in [6.45, 7) is 0.724. The van der Waals surface area contributed by atoms with Crippen molar-refractivity contribution >= 4 is 44.4 Å². The van der Waals surface area contributed by atoms with Crippen LogP contribution < -0.4 is 10.3 Å². The molecule has 1 fully saturated rings. The molecule has 3 aromatic heterocycles. The molecule has 5 aromatic rings. The van der Waals surface area contributed by atoms with E-state index in [-0.39, 0.29) is 36.0 Å². The van der Waals surface area contributed by atoms with E-state index in [1.807, 2.05) is 0 Å². The Morgan fingerprint density at radius 1 is 1.10 bits per heavy atom. The van der Waals surface area contributed by atoms with Crippen LogP contribution in [0.15, 0.2) is 52.4 Å². The second-order valence-electron chi connectivity index (χ2n) is 9.37. The topological polar surface area (TPSA) is 167 Å². The van der Waals surface area contributed by atoms with Crippen LogP contribution in [0.2, 0.25) is 10.0 Å². The highest BCUT2D eigenvalue weighted by atomic mass is 35.5. The first-order valence-corrected chi connectivity index (χ1v) is 14.6. The molecule has 0 amide bonds. The van der Waals surface area contributed by atoms with Crippen molar-refractivity contribution in [3.05, 3.63) is 74.5 Å². The van der Waals surface area contributed by atoms with E-state index >= 15 is 0 Å². The molecule has 0 saturated carbocycles. The summed E-state index contributed by atoms with van der Waals surface area (Å²) < 4.78 is 36.6. The maximum Gasteiger partial charge on any atom is 0.281 e. The lowest BCUT2D eigenvalue weighted by molar-refractivity contribution is 0.313. The van der Waals surface area contributed by atoms with Crippen LogP contribution in [0.4, 0.5) is 0 Å². The number of hydrogen-bond donors (Lipinski definition) is 1. The number of tetrazole rings is 1. The quantitative estimate of drug-likeness (QED) is 0.287. The lowest BCUT2D eigenvalue weighted by Crippen LogP contribution is -2.38. The Labute approximate surface area is 242 Å². The Morgan fingerprint density at radius 2 is 1.90 bits per heavy atom. The number of aromatic nitrogens is 9. The van der Waals surface area contributed by atoms with Gasteiger partial charge >= 0.3 is 0 Å². The highest BCUT2D eigenvalue weighted by Crippen LogP contribution is 2.32. The molecule has 1 aliphatic heterocycles. The molecule has 0 unspecified atom stereocenters. The third-order valence-electron chi connectivity index (χ3n) is 6.95. The number of aromatic amines is 1. The number of methoxy groups -OCH3 is 1. The van der Waals surface area contributed by atoms with Crippen molar-refractivity contribution in [2.24, 2.45) is 0 Å².